The molecule has 0 amide bonds. The Balaban J connectivity index is 1.61. The Labute approximate surface area is 116 Å². The molecule has 1 aromatic rings. The Morgan fingerprint density at radius 1 is 1.06 bits per heavy atom. The van der Waals surface area contributed by atoms with Gasteiger partial charge in [-0.3, -0.25) is 0 Å². The monoisotopic (exact) mass is 265 g/mol. The van der Waals surface area contributed by atoms with Gasteiger partial charge >= 0.3 is 0 Å². The smallest absolute Gasteiger partial charge is 0.0406 e. The highest BCUT2D eigenvalue weighted by Crippen LogP contribution is 2.30. The molecule has 1 N–H and O–H groups in total. The molecule has 0 atom stereocenters. The van der Waals surface area contributed by atoms with Crippen molar-refractivity contribution in [2.24, 2.45) is 0 Å². The first-order valence-corrected chi connectivity index (χ1v) is 7.73. The van der Waals surface area contributed by atoms with E-state index in [9.17, 15) is 0 Å². The second-order valence-corrected chi connectivity index (χ2v) is 5.76. The summed E-state index contributed by atoms with van der Waals surface area (Å²) >= 11 is 6.11. The number of hydrogen-bond donors (Lipinski definition) is 1. The van der Waals surface area contributed by atoms with Crippen LogP contribution in [-0.2, 0) is 6.42 Å². The number of halogens is 1. The van der Waals surface area contributed by atoms with Gasteiger partial charge < -0.3 is 5.32 Å². The molecule has 2 rings (SSSR count). The zero-order chi connectivity index (χ0) is 12.7. The standard InChI is InChI=1S/C16H24ClN/c17-14-16(11-5-6-12-16)18-13-7-4-10-15-8-2-1-3-9-15/h1-3,8-9,18H,4-7,10-14H2. The van der Waals surface area contributed by atoms with E-state index in [2.05, 4.69) is 35.6 Å². The van der Waals surface area contributed by atoms with E-state index in [1.807, 2.05) is 0 Å². The summed E-state index contributed by atoms with van der Waals surface area (Å²) in [7, 11) is 0. The third-order valence-corrected chi connectivity index (χ3v) is 4.56. The molecule has 0 saturated heterocycles. The second-order valence-electron chi connectivity index (χ2n) is 5.49. The summed E-state index contributed by atoms with van der Waals surface area (Å²) in [6.45, 7) is 1.11. The quantitative estimate of drug-likeness (QED) is 0.577. The molecule has 1 aromatic carbocycles. The lowest BCUT2D eigenvalue weighted by atomic mass is 10.00. The van der Waals surface area contributed by atoms with Crippen molar-refractivity contribution in [1.82, 2.24) is 5.32 Å². The fourth-order valence-corrected chi connectivity index (χ4v) is 3.22. The largest absolute Gasteiger partial charge is 0.310 e. The zero-order valence-corrected chi connectivity index (χ0v) is 11.9. The van der Waals surface area contributed by atoms with E-state index in [-0.39, 0.29) is 5.54 Å². The molecule has 0 aliphatic heterocycles. The molecule has 0 spiro atoms. The van der Waals surface area contributed by atoms with Crippen molar-refractivity contribution in [3.8, 4) is 0 Å². The van der Waals surface area contributed by atoms with Gasteiger partial charge in [-0.05, 0) is 44.2 Å². The number of unbranched alkanes of at least 4 members (excludes halogenated alkanes) is 1. The molecule has 1 aliphatic carbocycles. The first kappa shape index (κ1) is 13.9. The molecule has 0 radical (unpaired) electrons. The number of rotatable bonds is 7. The molecule has 18 heavy (non-hydrogen) atoms. The number of alkyl halides is 1. The van der Waals surface area contributed by atoms with Crippen molar-refractivity contribution < 1.29 is 0 Å². The maximum Gasteiger partial charge on any atom is 0.0406 e. The van der Waals surface area contributed by atoms with Crippen LogP contribution in [0.2, 0.25) is 0 Å². The fraction of sp³-hybridized carbons (Fsp3) is 0.625. The van der Waals surface area contributed by atoms with Gasteiger partial charge in [-0.2, -0.15) is 0 Å². The Bertz CT molecular complexity index is 330. The van der Waals surface area contributed by atoms with Gasteiger partial charge in [0.2, 0.25) is 0 Å². The molecule has 1 saturated carbocycles. The van der Waals surface area contributed by atoms with Crippen LogP contribution >= 0.6 is 11.6 Å². The van der Waals surface area contributed by atoms with Crippen LogP contribution in [0.25, 0.3) is 0 Å². The number of benzene rings is 1. The lowest BCUT2D eigenvalue weighted by molar-refractivity contribution is 0.366. The van der Waals surface area contributed by atoms with Gasteiger partial charge in [0.15, 0.2) is 0 Å². The van der Waals surface area contributed by atoms with E-state index in [1.165, 1.54) is 50.5 Å². The van der Waals surface area contributed by atoms with Crippen molar-refractivity contribution in [2.75, 3.05) is 12.4 Å². The molecule has 1 nitrogen and oxygen atoms in total. The van der Waals surface area contributed by atoms with Crippen LogP contribution in [0.5, 0.6) is 0 Å². The van der Waals surface area contributed by atoms with Crippen molar-refractivity contribution in [3.63, 3.8) is 0 Å². The first-order chi connectivity index (χ1) is 8.85. The van der Waals surface area contributed by atoms with Gasteiger partial charge in [0.05, 0.1) is 0 Å². The zero-order valence-electron chi connectivity index (χ0n) is 11.1. The van der Waals surface area contributed by atoms with Crippen molar-refractivity contribution in [3.05, 3.63) is 35.9 Å². The summed E-state index contributed by atoms with van der Waals surface area (Å²) in [4.78, 5) is 0. The minimum atomic E-state index is 0.258. The minimum Gasteiger partial charge on any atom is -0.310 e. The van der Waals surface area contributed by atoms with Gasteiger partial charge in [0, 0.05) is 11.4 Å². The molecule has 2 heteroatoms. The van der Waals surface area contributed by atoms with Crippen LogP contribution in [0.15, 0.2) is 30.3 Å². The van der Waals surface area contributed by atoms with Gasteiger partial charge in [-0.1, -0.05) is 43.2 Å². The van der Waals surface area contributed by atoms with Gasteiger partial charge in [0.1, 0.15) is 0 Å². The van der Waals surface area contributed by atoms with Crippen LogP contribution < -0.4 is 5.32 Å². The lowest BCUT2D eigenvalue weighted by Crippen LogP contribution is -2.44. The van der Waals surface area contributed by atoms with E-state index in [0.717, 1.165) is 12.4 Å². The maximum absolute atomic E-state index is 6.11. The Hall–Kier alpha value is -0.530. The van der Waals surface area contributed by atoms with Gasteiger partial charge in [-0.15, -0.1) is 11.6 Å². The fourth-order valence-electron chi connectivity index (χ4n) is 2.86. The highest BCUT2D eigenvalue weighted by Gasteiger charge is 2.31. The predicted molar refractivity (Wildman–Crippen MR) is 79.3 cm³/mol. The maximum atomic E-state index is 6.11. The summed E-state index contributed by atoms with van der Waals surface area (Å²) in [6.07, 6.45) is 8.89. The molecule has 1 fully saturated rings. The van der Waals surface area contributed by atoms with Crippen molar-refractivity contribution in [2.45, 2.75) is 50.5 Å². The number of aryl methyl sites for hydroxylation is 1. The van der Waals surface area contributed by atoms with Gasteiger partial charge in [-0.25, -0.2) is 0 Å². The molecule has 1 aliphatic rings. The molecule has 0 aromatic heterocycles. The van der Waals surface area contributed by atoms with Crippen LogP contribution in [0, 0.1) is 0 Å². The van der Waals surface area contributed by atoms with Gasteiger partial charge in [0.25, 0.3) is 0 Å². The average Bonchev–Trinajstić information content (AvgIpc) is 2.89. The van der Waals surface area contributed by atoms with E-state index in [0.29, 0.717) is 0 Å². The molecular weight excluding hydrogens is 242 g/mol. The molecule has 0 bridgehead atoms. The van der Waals surface area contributed by atoms with Crippen LogP contribution in [0.1, 0.15) is 44.1 Å². The molecule has 0 heterocycles. The Morgan fingerprint density at radius 2 is 1.78 bits per heavy atom. The second kappa shape index (κ2) is 7.16. The predicted octanol–water partition coefficient (Wildman–Crippen LogP) is 4.15. The third-order valence-electron chi connectivity index (χ3n) is 4.05. The molecule has 100 valence electrons. The minimum absolute atomic E-state index is 0.258. The summed E-state index contributed by atoms with van der Waals surface area (Å²) in [6, 6.07) is 10.7. The number of nitrogens with one attached hydrogen (secondary N) is 1. The lowest BCUT2D eigenvalue weighted by Gasteiger charge is -2.28. The summed E-state index contributed by atoms with van der Waals surface area (Å²) in [5.74, 6) is 0.770. The molecule has 0 unspecified atom stereocenters. The SMILES string of the molecule is ClCC1(NCCCCc2ccccc2)CCCC1. The first-order valence-electron chi connectivity index (χ1n) is 7.20. The summed E-state index contributed by atoms with van der Waals surface area (Å²) in [5, 5.41) is 3.70. The highest BCUT2D eigenvalue weighted by atomic mass is 35.5. The van der Waals surface area contributed by atoms with Crippen molar-refractivity contribution in [1.29, 1.82) is 0 Å². The van der Waals surface area contributed by atoms with Crippen LogP contribution in [-0.4, -0.2) is 18.0 Å². The Kier molecular flexibility index (Phi) is 5.52. The van der Waals surface area contributed by atoms with Crippen molar-refractivity contribution >= 4 is 11.6 Å². The summed E-state index contributed by atoms with van der Waals surface area (Å²) < 4.78 is 0. The molecular formula is C16H24ClN. The average molecular weight is 266 g/mol. The third kappa shape index (κ3) is 4.00. The van der Waals surface area contributed by atoms with E-state index in [1.54, 1.807) is 0 Å². The summed E-state index contributed by atoms with van der Waals surface area (Å²) in [5.41, 5.74) is 1.71. The highest BCUT2D eigenvalue weighted by molar-refractivity contribution is 6.18. The number of hydrogen-bond acceptors (Lipinski definition) is 1. The van der Waals surface area contributed by atoms with E-state index < -0.39 is 0 Å². The van der Waals surface area contributed by atoms with Crippen LogP contribution in [0.4, 0.5) is 0 Å². The Morgan fingerprint density at radius 3 is 2.44 bits per heavy atom. The van der Waals surface area contributed by atoms with Crippen LogP contribution in [0.3, 0.4) is 0 Å². The van der Waals surface area contributed by atoms with E-state index >= 15 is 0 Å². The topological polar surface area (TPSA) is 12.0 Å². The van der Waals surface area contributed by atoms with E-state index in [4.69, 9.17) is 11.6 Å². The normalized spacial score (nSPS) is 18.1.